The lowest BCUT2D eigenvalue weighted by Gasteiger charge is -2.21. The minimum atomic E-state index is 0.614. The quantitative estimate of drug-likeness (QED) is 0.814. The van der Waals surface area contributed by atoms with E-state index in [1.54, 1.807) is 19.5 Å². The van der Waals surface area contributed by atoms with Crippen LogP contribution in [0.5, 0.6) is 5.88 Å². The summed E-state index contributed by atoms with van der Waals surface area (Å²) >= 11 is 0. The highest BCUT2D eigenvalue weighted by Gasteiger charge is 2.17. The van der Waals surface area contributed by atoms with Gasteiger partial charge in [-0.3, -0.25) is 9.88 Å². The first-order valence-electron chi connectivity index (χ1n) is 6.05. The van der Waals surface area contributed by atoms with E-state index in [0.717, 1.165) is 25.3 Å². The van der Waals surface area contributed by atoms with Crippen LogP contribution in [-0.2, 0) is 6.54 Å². The molecule has 1 N–H and O–H groups in total. The van der Waals surface area contributed by atoms with E-state index in [4.69, 9.17) is 4.74 Å². The Kier molecular flexibility index (Phi) is 4.28. The lowest BCUT2D eigenvalue weighted by Crippen LogP contribution is -2.35. The second-order valence-corrected chi connectivity index (χ2v) is 4.50. The van der Waals surface area contributed by atoms with Gasteiger partial charge in [0, 0.05) is 31.5 Å². The number of rotatable bonds is 5. The molecule has 1 fully saturated rings. The first-order valence-corrected chi connectivity index (χ1v) is 6.05. The van der Waals surface area contributed by atoms with Crippen LogP contribution in [0.3, 0.4) is 0 Å². The smallest absolute Gasteiger partial charge is 0.236 e. The van der Waals surface area contributed by atoms with E-state index in [0.29, 0.717) is 11.9 Å². The summed E-state index contributed by atoms with van der Waals surface area (Å²) in [4.78, 5) is 10.7. The van der Waals surface area contributed by atoms with E-state index in [2.05, 4.69) is 27.2 Å². The molecule has 1 aliphatic rings. The molecule has 0 aliphatic carbocycles. The van der Waals surface area contributed by atoms with Crippen molar-refractivity contribution >= 4 is 0 Å². The molecular weight excluding hydrogens is 216 g/mol. The lowest BCUT2D eigenvalue weighted by atomic mass is 10.2. The molecule has 1 atom stereocenters. The zero-order chi connectivity index (χ0) is 12.1. The lowest BCUT2D eigenvalue weighted by molar-refractivity contribution is 0.281. The molecule has 5 heteroatoms. The van der Waals surface area contributed by atoms with E-state index in [1.165, 1.54) is 12.8 Å². The molecule has 5 nitrogen and oxygen atoms in total. The summed E-state index contributed by atoms with van der Waals surface area (Å²) < 4.78 is 5.20. The Balaban J connectivity index is 1.90. The van der Waals surface area contributed by atoms with Crippen molar-refractivity contribution in [3.8, 4) is 5.88 Å². The van der Waals surface area contributed by atoms with Crippen LogP contribution in [0.15, 0.2) is 12.4 Å². The number of ether oxygens (including phenoxy) is 1. The molecule has 1 aromatic rings. The third-order valence-electron chi connectivity index (χ3n) is 3.04. The van der Waals surface area contributed by atoms with Gasteiger partial charge in [0.05, 0.1) is 7.11 Å². The van der Waals surface area contributed by atoms with Crippen molar-refractivity contribution in [1.29, 1.82) is 0 Å². The molecule has 0 amide bonds. The van der Waals surface area contributed by atoms with Gasteiger partial charge < -0.3 is 10.1 Å². The van der Waals surface area contributed by atoms with Crippen LogP contribution in [-0.4, -0.2) is 48.2 Å². The van der Waals surface area contributed by atoms with E-state index in [9.17, 15) is 0 Å². The number of nitrogens with one attached hydrogen (secondary N) is 1. The van der Waals surface area contributed by atoms with Crippen molar-refractivity contribution in [2.75, 3.05) is 27.2 Å². The third kappa shape index (κ3) is 3.38. The topological polar surface area (TPSA) is 50.3 Å². The van der Waals surface area contributed by atoms with Crippen molar-refractivity contribution in [2.24, 2.45) is 0 Å². The van der Waals surface area contributed by atoms with Crippen molar-refractivity contribution in [3.63, 3.8) is 0 Å². The summed E-state index contributed by atoms with van der Waals surface area (Å²) in [5, 5.41) is 3.49. The van der Waals surface area contributed by atoms with Crippen LogP contribution in [0.1, 0.15) is 18.5 Å². The molecular formula is C12H20N4O. The number of methoxy groups -OCH3 is 1. The maximum atomic E-state index is 5.20. The first-order chi connectivity index (χ1) is 8.29. The molecule has 2 heterocycles. The largest absolute Gasteiger partial charge is 0.480 e. The Morgan fingerprint density at radius 1 is 1.47 bits per heavy atom. The summed E-state index contributed by atoms with van der Waals surface area (Å²) in [6, 6.07) is 0.614. The zero-order valence-electron chi connectivity index (χ0n) is 10.5. The molecule has 1 aliphatic heterocycles. The fourth-order valence-corrected chi connectivity index (χ4v) is 2.24. The maximum Gasteiger partial charge on any atom is 0.236 e. The van der Waals surface area contributed by atoms with E-state index in [1.807, 2.05) is 0 Å². The Morgan fingerprint density at radius 3 is 3.00 bits per heavy atom. The van der Waals surface area contributed by atoms with Gasteiger partial charge in [0.1, 0.15) is 5.69 Å². The standard InChI is InChI=1S/C12H20N4O/c1-16(8-10-4-3-5-13-10)9-11-12(17-2)15-7-6-14-11/h6-7,10,13H,3-5,8-9H2,1-2H3/t10-/m1/s1. The van der Waals surface area contributed by atoms with Crippen molar-refractivity contribution in [2.45, 2.75) is 25.4 Å². The maximum absolute atomic E-state index is 5.20. The van der Waals surface area contributed by atoms with E-state index >= 15 is 0 Å². The minimum Gasteiger partial charge on any atom is -0.480 e. The fourth-order valence-electron chi connectivity index (χ4n) is 2.24. The molecule has 0 spiro atoms. The van der Waals surface area contributed by atoms with Gasteiger partial charge in [-0.1, -0.05) is 0 Å². The third-order valence-corrected chi connectivity index (χ3v) is 3.04. The highest BCUT2D eigenvalue weighted by molar-refractivity contribution is 5.16. The van der Waals surface area contributed by atoms with Crippen LogP contribution in [0.4, 0.5) is 0 Å². The average Bonchev–Trinajstić information content (AvgIpc) is 2.82. The summed E-state index contributed by atoms with van der Waals surface area (Å²) in [5.74, 6) is 0.624. The molecule has 0 bridgehead atoms. The molecule has 17 heavy (non-hydrogen) atoms. The average molecular weight is 236 g/mol. The molecule has 0 radical (unpaired) electrons. The fraction of sp³-hybridized carbons (Fsp3) is 0.667. The van der Waals surface area contributed by atoms with Gasteiger partial charge in [0.25, 0.3) is 0 Å². The highest BCUT2D eigenvalue weighted by atomic mass is 16.5. The predicted octanol–water partition coefficient (Wildman–Crippen LogP) is 0.669. The summed E-state index contributed by atoms with van der Waals surface area (Å²) in [5.41, 5.74) is 0.899. The summed E-state index contributed by atoms with van der Waals surface area (Å²) in [7, 11) is 3.74. The van der Waals surface area contributed by atoms with E-state index in [-0.39, 0.29) is 0 Å². The van der Waals surface area contributed by atoms with Crippen molar-refractivity contribution in [1.82, 2.24) is 20.2 Å². The molecule has 0 aromatic carbocycles. The monoisotopic (exact) mass is 236 g/mol. The number of hydrogen-bond donors (Lipinski definition) is 1. The minimum absolute atomic E-state index is 0.614. The molecule has 0 saturated carbocycles. The Labute approximate surface area is 102 Å². The SMILES string of the molecule is COc1nccnc1CN(C)C[C@H]1CCCN1. The zero-order valence-corrected chi connectivity index (χ0v) is 10.5. The number of hydrogen-bond acceptors (Lipinski definition) is 5. The first kappa shape index (κ1) is 12.3. The Morgan fingerprint density at radius 2 is 2.29 bits per heavy atom. The second-order valence-electron chi connectivity index (χ2n) is 4.50. The molecule has 1 saturated heterocycles. The van der Waals surface area contributed by atoms with Gasteiger partial charge in [-0.25, -0.2) is 4.98 Å². The number of aromatic nitrogens is 2. The van der Waals surface area contributed by atoms with Crippen molar-refractivity contribution in [3.05, 3.63) is 18.1 Å². The molecule has 94 valence electrons. The van der Waals surface area contributed by atoms with Gasteiger partial charge in [-0.05, 0) is 26.4 Å². The number of likely N-dealkylation sites (N-methyl/N-ethyl adjacent to an activating group) is 1. The van der Waals surface area contributed by atoms with Gasteiger partial charge in [0.15, 0.2) is 0 Å². The summed E-state index contributed by atoms with van der Waals surface area (Å²) in [6.07, 6.45) is 5.91. The van der Waals surface area contributed by atoms with Crippen LogP contribution >= 0.6 is 0 Å². The van der Waals surface area contributed by atoms with Crippen LogP contribution in [0.25, 0.3) is 0 Å². The van der Waals surface area contributed by atoms with Gasteiger partial charge in [-0.2, -0.15) is 0 Å². The second kappa shape index (κ2) is 5.93. The van der Waals surface area contributed by atoms with Crippen molar-refractivity contribution < 1.29 is 4.74 Å². The van der Waals surface area contributed by atoms with Gasteiger partial charge in [-0.15, -0.1) is 0 Å². The van der Waals surface area contributed by atoms with Crippen LogP contribution in [0.2, 0.25) is 0 Å². The molecule has 2 rings (SSSR count). The Bertz CT molecular complexity index is 352. The van der Waals surface area contributed by atoms with E-state index < -0.39 is 0 Å². The Hall–Kier alpha value is -1.20. The van der Waals surface area contributed by atoms with Gasteiger partial charge >= 0.3 is 0 Å². The molecule has 0 unspecified atom stereocenters. The normalized spacial score (nSPS) is 19.8. The summed E-state index contributed by atoms with van der Waals surface area (Å²) in [6.45, 7) is 2.96. The predicted molar refractivity (Wildman–Crippen MR) is 65.9 cm³/mol. The van der Waals surface area contributed by atoms with Gasteiger partial charge in [0.2, 0.25) is 5.88 Å². The van der Waals surface area contributed by atoms with Crippen LogP contribution < -0.4 is 10.1 Å². The molecule has 1 aromatic heterocycles. The number of nitrogens with zero attached hydrogens (tertiary/aromatic N) is 3. The highest BCUT2D eigenvalue weighted by Crippen LogP contribution is 2.13. The van der Waals surface area contributed by atoms with Crippen LogP contribution in [0, 0.1) is 0 Å².